The van der Waals surface area contributed by atoms with E-state index in [1.54, 1.807) is 15.7 Å². The van der Waals surface area contributed by atoms with Crippen LogP contribution in [0.3, 0.4) is 0 Å². The van der Waals surface area contributed by atoms with Gasteiger partial charge in [0.2, 0.25) is 0 Å². The molecular weight excluding hydrogens is 589 g/mol. The van der Waals surface area contributed by atoms with Crippen molar-refractivity contribution in [2.24, 2.45) is 5.41 Å². The van der Waals surface area contributed by atoms with Crippen LogP contribution in [0.4, 0.5) is 10.2 Å². The lowest BCUT2D eigenvalue weighted by atomic mass is 9.86. The highest BCUT2D eigenvalue weighted by Crippen LogP contribution is 2.43. The fourth-order valence-corrected chi connectivity index (χ4v) is 7.20. The molecule has 1 unspecified atom stereocenters. The van der Waals surface area contributed by atoms with Crippen molar-refractivity contribution in [2.45, 2.75) is 65.7 Å². The summed E-state index contributed by atoms with van der Waals surface area (Å²) in [6.45, 7) is 12.2. The Morgan fingerprint density at radius 3 is 2.63 bits per heavy atom. The second-order valence-corrected chi connectivity index (χ2v) is 13.1. The van der Waals surface area contributed by atoms with E-state index in [0.717, 1.165) is 62.2 Å². The maximum Gasteiger partial charge on any atom is 0.326 e. The summed E-state index contributed by atoms with van der Waals surface area (Å²) in [5.74, 6) is 0.538. The number of carbonyl (C=O) groups is 1. The molecule has 244 valence electrons. The molecule has 2 aromatic carbocycles. The minimum Gasteiger partial charge on any atom is -0.451 e. The van der Waals surface area contributed by atoms with Crippen LogP contribution in [0.2, 0.25) is 0 Å². The third kappa shape index (κ3) is 6.23. The number of aromatic amines is 1. The second kappa shape index (κ2) is 12.8. The summed E-state index contributed by atoms with van der Waals surface area (Å²) < 4.78 is 22.3. The number of nitrogens with one attached hydrogen (secondary N) is 1. The molecule has 46 heavy (non-hydrogen) atoms. The summed E-state index contributed by atoms with van der Waals surface area (Å²) in [4.78, 5) is 44.0. The molecule has 2 fully saturated rings. The highest BCUT2D eigenvalue weighted by atomic mass is 19.1. The van der Waals surface area contributed by atoms with Gasteiger partial charge in [-0.2, -0.15) is 0 Å². The molecule has 2 N–H and O–H groups in total. The summed E-state index contributed by atoms with van der Waals surface area (Å²) in [5.41, 5.74) is 2.74. The van der Waals surface area contributed by atoms with Crippen LogP contribution in [0.1, 0.15) is 56.5 Å². The number of likely N-dealkylation sites (tertiary alicyclic amines) is 1. The van der Waals surface area contributed by atoms with Gasteiger partial charge in [-0.1, -0.05) is 6.07 Å². The highest BCUT2D eigenvalue weighted by Gasteiger charge is 2.44. The number of aromatic nitrogens is 4. The molecule has 2 saturated heterocycles. The van der Waals surface area contributed by atoms with Crippen LogP contribution in [0.5, 0.6) is 11.5 Å². The van der Waals surface area contributed by atoms with Crippen molar-refractivity contribution in [3.05, 3.63) is 76.4 Å². The Balaban J connectivity index is 1.17. The van der Waals surface area contributed by atoms with Gasteiger partial charge < -0.3 is 24.6 Å². The van der Waals surface area contributed by atoms with E-state index >= 15 is 0 Å². The standard InChI is InChI=1S/C34H42FN7O4/c1-22(2)42(23(3)4)32(44)26-16-25(35)6-8-29(26)46-30-17-36-21-37-31(30)40-12-10-34(20-40)9-11-39(19-34)18-24-5-7-28-27(15-24)38-33(45)41(28)13-14-43/h5-8,15-17,21-23,43H,9-14,18-20H2,1-4H3,(H,38,45). The first-order valence-electron chi connectivity index (χ1n) is 16.0. The normalized spacial score (nSPS) is 18.5. The van der Waals surface area contributed by atoms with Crippen LogP contribution in [-0.2, 0) is 13.1 Å². The number of anilines is 1. The molecule has 1 spiro atoms. The molecule has 1 amide bonds. The number of ether oxygens (including phenoxy) is 1. The fourth-order valence-electron chi connectivity index (χ4n) is 7.20. The Morgan fingerprint density at radius 2 is 1.87 bits per heavy atom. The van der Waals surface area contributed by atoms with Gasteiger partial charge in [-0.3, -0.25) is 14.3 Å². The topological polar surface area (TPSA) is 120 Å². The van der Waals surface area contributed by atoms with Gasteiger partial charge in [0.05, 0.1) is 35.9 Å². The van der Waals surface area contributed by atoms with Gasteiger partial charge >= 0.3 is 5.69 Å². The molecule has 2 aromatic heterocycles. The van der Waals surface area contributed by atoms with Crippen LogP contribution in [0.25, 0.3) is 11.0 Å². The smallest absolute Gasteiger partial charge is 0.326 e. The first-order valence-corrected chi connectivity index (χ1v) is 16.0. The molecule has 2 aliphatic heterocycles. The molecule has 1 atom stereocenters. The number of carbonyl (C=O) groups excluding carboxylic acids is 1. The lowest BCUT2D eigenvalue weighted by Gasteiger charge is -2.31. The minimum atomic E-state index is -0.506. The Labute approximate surface area is 267 Å². The summed E-state index contributed by atoms with van der Waals surface area (Å²) in [7, 11) is 0. The van der Waals surface area contributed by atoms with Crippen LogP contribution in [0.15, 0.2) is 53.7 Å². The van der Waals surface area contributed by atoms with Gasteiger partial charge in [-0.15, -0.1) is 0 Å². The van der Waals surface area contributed by atoms with E-state index in [0.29, 0.717) is 11.6 Å². The first kappa shape index (κ1) is 31.7. The van der Waals surface area contributed by atoms with E-state index in [1.807, 2.05) is 39.8 Å². The van der Waals surface area contributed by atoms with Crippen molar-refractivity contribution in [3.63, 3.8) is 0 Å². The van der Waals surface area contributed by atoms with Crippen molar-refractivity contribution >= 4 is 22.8 Å². The molecule has 11 nitrogen and oxygen atoms in total. The number of aliphatic hydroxyl groups excluding tert-OH is 1. The average Bonchev–Trinajstić information content (AvgIpc) is 3.70. The minimum absolute atomic E-state index is 0.0724. The van der Waals surface area contributed by atoms with Gasteiger partial charge in [0.15, 0.2) is 11.6 Å². The van der Waals surface area contributed by atoms with Gasteiger partial charge in [0, 0.05) is 43.7 Å². The number of hydrogen-bond donors (Lipinski definition) is 2. The maximum atomic E-state index is 14.4. The molecule has 0 aliphatic carbocycles. The predicted molar refractivity (Wildman–Crippen MR) is 174 cm³/mol. The Kier molecular flexibility index (Phi) is 8.84. The number of nitrogens with zero attached hydrogens (tertiary/aromatic N) is 6. The molecule has 0 saturated carbocycles. The van der Waals surface area contributed by atoms with Crippen LogP contribution < -0.4 is 15.3 Å². The average molecular weight is 632 g/mol. The van der Waals surface area contributed by atoms with Gasteiger partial charge in [-0.25, -0.2) is 19.2 Å². The third-order valence-corrected chi connectivity index (χ3v) is 9.22. The second-order valence-electron chi connectivity index (χ2n) is 13.1. The predicted octanol–water partition coefficient (Wildman–Crippen LogP) is 4.40. The zero-order valence-electron chi connectivity index (χ0n) is 26.9. The number of H-pyrrole nitrogens is 1. The fraction of sp³-hybridized carbons (Fsp3) is 0.471. The summed E-state index contributed by atoms with van der Waals surface area (Å²) in [6.07, 6.45) is 5.15. The highest BCUT2D eigenvalue weighted by molar-refractivity contribution is 5.97. The third-order valence-electron chi connectivity index (χ3n) is 9.22. The number of rotatable bonds is 10. The van der Waals surface area contributed by atoms with Crippen LogP contribution in [0, 0.1) is 11.2 Å². The van der Waals surface area contributed by atoms with Crippen LogP contribution in [-0.4, -0.2) is 85.2 Å². The molecule has 0 bridgehead atoms. The summed E-state index contributed by atoms with van der Waals surface area (Å²) >= 11 is 0. The van der Waals surface area contributed by atoms with Crippen molar-refractivity contribution in [1.29, 1.82) is 0 Å². The van der Waals surface area contributed by atoms with E-state index in [-0.39, 0.29) is 53.6 Å². The van der Waals surface area contributed by atoms with E-state index < -0.39 is 5.82 Å². The Morgan fingerprint density at radius 1 is 1.09 bits per heavy atom. The van der Waals surface area contributed by atoms with E-state index in [4.69, 9.17) is 4.74 Å². The Hall–Kier alpha value is -4.29. The zero-order valence-corrected chi connectivity index (χ0v) is 26.9. The number of amides is 1. The van der Waals surface area contributed by atoms with Crippen LogP contribution >= 0.6 is 0 Å². The van der Waals surface area contributed by atoms with E-state index in [9.17, 15) is 19.1 Å². The Bertz CT molecular complexity index is 1780. The lowest BCUT2D eigenvalue weighted by Crippen LogP contribution is -2.42. The number of hydrogen-bond acceptors (Lipinski definition) is 8. The van der Waals surface area contributed by atoms with Crippen molar-refractivity contribution in [2.75, 3.05) is 37.7 Å². The number of halogens is 1. The molecule has 12 heteroatoms. The SMILES string of the molecule is CC(C)N(C(=O)c1cc(F)ccc1Oc1cncnc1N1CCC2(CCN(Cc3ccc4c(c3)[nH]c(=O)n4CCO)C2)C1)C(C)C. The summed E-state index contributed by atoms with van der Waals surface area (Å²) in [5, 5.41) is 9.31. The first-order chi connectivity index (χ1) is 22.1. The number of fused-ring (bicyclic) bond motifs is 1. The number of imidazole rings is 1. The quantitative estimate of drug-likeness (QED) is 0.264. The van der Waals surface area contributed by atoms with Crippen molar-refractivity contribution < 1.29 is 19.0 Å². The molecule has 4 heterocycles. The molecular formula is C34H42FN7O4. The van der Waals surface area contributed by atoms with Gasteiger partial charge in [-0.05, 0) is 83.0 Å². The number of benzene rings is 2. The van der Waals surface area contributed by atoms with Gasteiger partial charge in [0.25, 0.3) is 5.91 Å². The van der Waals surface area contributed by atoms with Gasteiger partial charge in [0.1, 0.15) is 17.9 Å². The largest absolute Gasteiger partial charge is 0.451 e. The number of aliphatic hydroxyl groups is 1. The summed E-state index contributed by atoms with van der Waals surface area (Å²) in [6, 6.07) is 9.90. The molecule has 6 rings (SSSR count). The zero-order chi connectivity index (χ0) is 32.6. The van der Waals surface area contributed by atoms with Crippen molar-refractivity contribution in [3.8, 4) is 11.5 Å². The molecule has 2 aliphatic rings. The molecule has 4 aromatic rings. The monoisotopic (exact) mass is 631 g/mol. The van der Waals surface area contributed by atoms with Crippen molar-refractivity contribution in [1.82, 2.24) is 29.3 Å². The molecule has 0 radical (unpaired) electrons. The van der Waals surface area contributed by atoms with E-state index in [2.05, 4.69) is 30.8 Å². The van der Waals surface area contributed by atoms with E-state index in [1.165, 1.54) is 24.5 Å². The lowest BCUT2D eigenvalue weighted by molar-refractivity contribution is 0.0640. The maximum absolute atomic E-state index is 14.4.